The summed E-state index contributed by atoms with van der Waals surface area (Å²) in [6, 6.07) is 18.0. The number of hydrogen-bond acceptors (Lipinski definition) is 4. The first kappa shape index (κ1) is 19.5. The molecule has 0 unspecified atom stereocenters. The Morgan fingerprint density at radius 2 is 1.90 bits per heavy atom. The predicted octanol–water partition coefficient (Wildman–Crippen LogP) is 3.23. The molecule has 2 heterocycles. The van der Waals surface area contributed by atoms with Gasteiger partial charge in [0.05, 0.1) is 24.2 Å². The quantitative estimate of drug-likeness (QED) is 0.761. The van der Waals surface area contributed by atoms with Crippen molar-refractivity contribution in [3.05, 3.63) is 65.2 Å². The van der Waals surface area contributed by atoms with Crippen molar-refractivity contribution in [3.8, 4) is 11.8 Å². The molecule has 2 aliphatic heterocycles. The van der Waals surface area contributed by atoms with Crippen molar-refractivity contribution in [2.45, 2.75) is 25.8 Å². The lowest BCUT2D eigenvalue weighted by atomic mass is 9.73. The van der Waals surface area contributed by atoms with Crippen molar-refractivity contribution in [2.24, 2.45) is 5.41 Å². The van der Waals surface area contributed by atoms with E-state index >= 15 is 0 Å². The Kier molecular flexibility index (Phi) is 5.55. The summed E-state index contributed by atoms with van der Waals surface area (Å²) in [5.74, 6) is 1.10. The van der Waals surface area contributed by atoms with Crippen LogP contribution in [0, 0.1) is 16.7 Å². The maximum atomic E-state index is 13.4. The molecular formula is C24H27N3O2. The minimum absolute atomic E-state index is 0.280. The van der Waals surface area contributed by atoms with E-state index in [1.54, 1.807) is 7.11 Å². The monoisotopic (exact) mass is 389 g/mol. The number of methoxy groups -OCH3 is 1. The van der Waals surface area contributed by atoms with Gasteiger partial charge in [-0.2, -0.15) is 5.26 Å². The highest BCUT2D eigenvalue weighted by molar-refractivity contribution is 5.85. The molecule has 2 aromatic carbocycles. The van der Waals surface area contributed by atoms with E-state index in [0.29, 0.717) is 12.1 Å². The van der Waals surface area contributed by atoms with Crippen molar-refractivity contribution < 1.29 is 9.53 Å². The molecule has 5 nitrogen and oxygen atoms in total. The zero-order valence-corrected chi connectivity index (χ0v) is 16.9. The summed E-state index contributed by atoms with van der Waals surface area (Å²) in [6.45, 7) is 3.89. The fraction of sp³-hybridized carbons (Fsp3) is 0.417. The van der Waals surface area contributed by atoms with Gasteiger partial charge >= 0.3 is 0 Å². The molecule has 0 bridgehead atoms. The number of hydrogen-bond donors (Lipinski definition) is 0. The van der Waals surface area contributed by atoms with Crippen LogP contribution in [0.2, 0.25) is 0 Å². The summed E-state index contributed by atoms with van der Waals surface area (Å²) >= 11 is 0. The second-order valence-electron chi connectivity index (χ2n) is 8.22. The Hall–Kier alpha value is -2.84. The van der Waals surface area contributed by atoms with Gasteiger partial charge in [-0.3, -0.25) is 9.69 Å². The number of carbonyl (C=O) groups is 1. The molecule has 4 rings (SSSR count). The maximum Gasteiger partial charge on any atom is 0.231 e. The number of nitrogens with zero attached hydrogens (tertiary/aromatic N) is 3. The van der Waals surface area contributed by atoms with Crippen LogP contribution in [0.1, 0.15) is 29.5 Å². The number of likely N-dealkylation sites (tertiary alicyclic amines) is 2. The highest BCUT2D eigenvalue weighted by atomic mass is 16.5. The van der Waals surface area contributed by atoms with Gasteiger partial charge < -0.3 is 9.64 Å². The van der Waals surface area contributed by atoms with E-state index in [0.717, 1.165) is 62.3 Å². The molecular weight excluding hydrogens is 362 g/mol. The van der Waals surface area contributed by atoms with E-state index < -0.39 is 5.41 Å². The number of ether oxygens (including phenoxy) is 1. The van der Waals surface area contributed by atoms with Gasteiger partial charge in [0.1, 0.15) is 5.75 Å². The fourth-order valence-electron chi connectivity index (χ4n) is 4.68. The fourth-order valence-corrected chi connectivity index (χ4v) is 4.68. The van der Waals surface area contributed by atoms with Gasteiger partial charge in [-0.25, -0.2) is 0 Å². The summed E-state index contributed by atoms with van der Waals surface area (Å²) in [5.41, 5.74) is 2.48. The molecule has 0 aliphatic carbocycles. The van der Waals surface area contributed by atoms with Crippen LogP contribution in [0.4, 0.5) is 0 Å². The molecule has 2 aromatic rings. The average Bonchev–Trinajstić information content (AvgIpc) is 3.26. The van der Waals surface area contributed by atoms with Gasteiger partial charge in [0.25, 0.3) is 0 Å². The zero-order valence-electron chi connectivity index (χ0n) is 16.9. The van der Waals surface area contributed by atoms with Gasteiger partial charge in [-0.15, -0.1) is 0 Å². The molecule has 2 saturated heterocycles. The van der Waals surface area contributed by atoms with E-state index in [4.69, 9.17) is 4.74 Å². The Balaban J connectivity index is 1.53. The molecule has 5 heteroatoms. The Morgan fingerprint density at radius 3 is 2.62 bits per heavy atom. The lowest BCUT2D eigenvalue weighted by molar-refractivity contribution is -0.153. The van der Waals surface area contributed by atoms with Crippen LogP contribution in [0.25, 0.3) is 0 Å². The lowest BCUT2D eigenvalue weighted by Crippen LogP contribution is -2.64. The van der Waals surface area contributed by atoms with E-state index in [9.17, 15) is 10.1 Å². The van der Waals surface area contributed by atoms with Crippen molar-refractivity contribution in [3.63, 3.8) is 0 Å². The molecule has 1 amide bonds. The first-order valence-electron chi connectivity index (χ1n) is 10.3. The molecule has 0 N–H and O–H groups in total. The molecule has 29 heavy (non-hydrogen) atoms. The molecule has 0 saturated carbocycles. The minimum Gasteiger partial charge on any atom is -0.497 e. The van der Waals surface area contributed by atoms with Crippen molar-refractivity contribution in [1.29, 1.82) is 5.26 Å². The van der Waals surface area contributed by atoms with Crippen molar-refractivity contribution >= 4 is 5.91 Å². The lowest BCUT2D eigenvalue weighted by Gasteiger charge is -2.50. The van der Waals surface area contributed by atoms with Crippen LogP contribution in [-0.2, 0) is 17.8 Å². The van der Waals surface area contributed by atoms with Gasteiger partial charge in [0.15, 0.2) is 0 Å². The molecule has 0 atom stereocenters. The van der Waals surface area contributed by atoms with Crippen LogP contribution in [0.5, 0.6) is 5.75 Å². The van der Waals surface area contributed by atoms with Crippen LogP contribution in [0.3, 0.4) is 0 Å². The SMILES string of the molecule is COc1cccc(CC2(C(=O)N3CCCC3)CN(Cc3ccccc3C#N)C2)c1. The van der Waals surface area contributed by atoms with Crippen LogP contribution >= 0.6 is 0 Å². The second-order valence-corrected chi connectivity index (χ2v) is 8.22. The minimum atomic E-state index is -0.391. The number of carbonyl (C=O) groups excluding carboxylic acids is 1. The van der Waals surface area contributed by atoms with Gasteiger partial charge in [-0.05, 0) is 48.6 Å². The molecule has 0 spiro atoms. The predicted molar refractivity (Wildman–Crippen MR) is 111 cm³/mol. The summed E-state index contributed by atoms with van der Waals surface area (Å²) in [5, 5.41) is 9.36. The largest absolute Gasteiger partial charge is 0.497 e. The van der Waals surface area contributed by atoms with Gasteiger partial charge in [-0.1, -0.05) is 30.3 Å². The highest BCUT2D eigenvalue weighted by Crippen LogP contribution is 2.38. The third kappa shape index (κ3) is 3.99. The third-order valence-electron chi connectivity index (χ3n) is 6.11. The van der Waals surface area contributed by atoms with Crippen LogP contribution < -0.4 is 4.74 Å². The molecule has 150 valence electrons. The normalized spacial score (nSPS) is 18.1. The first-order valence-corrected chi connectivity index (χ1v) is 10.3. The summed E-state index contributed by atoms with van der Waals surface area (Å²) in [4.78, 5) is 17.8. The zero-order chi connectivity index (χ0) is 20.3. The van der Waals surface area contributed by atoms with Crippen molar-refractivity contribution in [2.75, 3.05) is 33.3 Å². The Morgan fingerprint density at radius 1 is 1.14 bits per heavy atom. The average molecular weight is 389 g/mol. The Labute approximate surface area is 172 Å². The van der Waals surface area contributed by atoms with Crippen LogP contribution in [0.15, 0.2) is 48.5 Å². The molecule has 0 aromatic heterocycles. The number of benzene rings is 2. The van der Waals surface area contributed by atoms with Crippen LogP contribution in [-0.4, -0.2) is 49.0 Å². The van der Waals surface area contributed by atoms with E-state index in [1.807, 2.05) is 47.4 Å². The van der Waals surface area contributed by atoms with Gasteiger partial charge in [0.2, 0.25) is 5.91 Å². The second kappa shape index (κ2) is 8.26. The maximum absolute atomic E-state index is 13.4. The third-order valence-corrected chi connectivity index (χ3v) is 6.11. The summed E-state index contributed by atoms with van der Waals surface area (Å²) in [7, 11) is 1.67. The molecule has 2 aliphatic rings. The topological polar surface area (TPSA) is 56.6 Å². The number of nitriles is 1. The summed E-state index contributed by atoms with van der Waals surface area (Å²) < 4.78 is 5.37. The summed E-state index contributed by atoms with van der Waals surface area (Å²) in [6.07, 6.45) is 2.91. The van der Waals surface area contributed by atoms with E-state index in [-0.39, 0.29) is 5.91 Å². The number of rotatable bonds is 6. The molecule has 2 fully saturated rings. The first-order chi connectivity index (χ1) is 14.1. The van der Waals surface area contributed by atoms with Crippen molar-refractivity contribution in [1.82, 2.24) is 9.80 Å². The standard InChI is InChI=1S/C24H27N3O2/c1-29-22-10-6-7-19(13-22)14-24(23(28)27-11-4-5-12-27)17-26(18-24)16-21-9-3-2-8-20(21)15-25/h2-3,6-10,13H,4-5,11-12,14,16-18H2,1H3. The number of amides is 1. The van der Waals surface area contributed by atoms with E-state index in [1.165, 1.54) is 0 Å². The van der Waals surface area contributed by atoms with Gasteiger partial charge in [0, 0.05) is 32.7 Å². The molecule has 0 radical (unpaired) electrons. The highest BCUT2D eigenvalue weighted by Gasteiger charge is 2.51. The Bertz CT molecular complexity index is 922. The van der Waals surface area contributed by atoms with E-state index in [2.05, 4.69) is 17.0 Å². The smallest absolute Gasteiger partial charge is 0.231 e.